The summed E-state index contributed by atoms with van der Waals surface area (Å²) in [7, 11) is 1.59. The second-order valence-electron chi connectivity index (χ2n) is 6.97. The minimum atomic E-state index is 0.0429. The third kappa shape index (κ3) is 3.27. The summed E-state index contributed by atoms with van der Waals surface area (Å²) in [6.45, 7) is 4.50. The fraction of sp³-hybridized carbons (Fsp3) is 0.632. The van der Waals surface area contributed by atoms with Crippen LogP contribution in [0.25, 0.3) is 0 Å². The van der Waals surface area contributed by atoms with Gasteiger partial charge in [0, 0.05) is 37.8 Å². The molecule has 2 fully saturated rings. The summed E-state index contributed by atoms with van der Waals surface area (Å²) in [6, 6.07) is 4.27. The zero-order valence-corrected chi connectivity index (χ0v) is 14.8. The first-order chi connectivity index (χ1) is 12.3. The lowest BCUT2D eigenvalue weighted by atomic mass is 10.1. The molecule has 0 bridgehead atoms. The molecule has 6 heteroatoms. The van der Waals surface area contributed by atoms with Gasteiger partial charge in [0.25, 0.3) is 5.91 Å². The van der Waals surface area contributed by atoms with E-state index in [2.05, 4.69) is 4.90 Å². The van der Waals surface area contributed by atoms with Crippen LogP contribution in [-0.4, -0.2) is 68.3 Å². The molecule has 2 aliphatic heterocycles. The Bertz CT molecular complexity index is 617. The molecule has 136 valence electrons. The van der Waals surface area contributed by atoms with Gasteiger partial charge in [0.15, 0.2) is 11.5 Å². The molecule has 1 saturated heterocycles. The van der Waals surface area contributed by atoms with Gasteiger partial charge in [-0.15, -0.1) is 0 Å². The number of carbonyl (C=O) groups is 1. The molecule has 1 aliphatic carbocycles. The van der Waals surface area contributed by atoms with Gasteiger partial charge >= 0.3 is 0 Å². The SMILES string of the molecule is COc1cc(C(=O)N2CCN(C3CCCC3)CC2)cc2c1OCCO2. The molecular formula is C19H26N2O4. The van der Waals surface area contributed by atoms with Gasteiger partial charge in [-0.25, -0.2) is 0 Å². The number of rotatable bonds is 3. The molecule has 6 nitrogen and oxygen atoms in total. The topological polar surface area (TPSA) is 51.2 Å². The average Bonchev–Trinajstić information content (AvgIpc) is 3.21. The maximum Gasteiger partial charge on any atom is 0.254 e. The number of piperazine rings is 1. The van der Waals surface area contributed by atoms with Crippen LogP contribution in [0.15, 0.2) is 12.1 Å². The maximum absolute atomic E-state index is 12.9. The van der Waals surface area contributed by atoms with E-state index in [1.807, 2.05) is 4.90 Å². The number of ether oxygens (including phenoxy) is 3. The molecule has 1 aromatic carbocycles. The molecule has 4 rings (SSSR count). The highest BCUT2D eigenvalue weighted by Crippen LogP contribution is 2.40. The number of hydrogen-bond acceptors (Lipinski definition) is 5. The maximum atomic E-state index is 12.9. The zero-order chi connectivity index (χ0) is 17.2. The van der Waals surface area contributed by atoms with Crippen molar-refractivity contribution in [2.45, 2.75) is 31.7 Å². The third-order valence-electron chi connectivity index (χ3n) is 5.52. The zero-order valence-electron chi connectivity index (χ0n) is 14.8. The quantitative estimate of drug-likeness (QED) is 0.840. The van der Waals surface area contributed by atoms with Crippen molar-refractivity contribution in [2.75, 3.05) is 46.5 Å². The van der Waals surface area contributed by atoms with E-state index in [0.717, 1.165) is 32.2 Å². The number of amides is 1. The van der Waals surface area contributed by atoms with E-state index < -0.39 is 0 Å². The Morgan fingerprint density at radius 3 is 2.52 bits per heavy atom. The second kappa shape index (κ2) is 7.12. The van der Waals surface area contributed by atoms with Crippen LogP contribution in [-0.2, 0) is 0 Å². The van der Waals surface area contributed by atoms with Gasteiger partial charge < -0.3 is 19.1 Å². The van der Waals surface area contributed by atoms with Crippen molar-refractivity contribution in [3.8, 4) is 17.2 Å². The molecule has 2 heterocycles. The normalized spacial score (nSPS) is 21.4. The fourth-order valence-corrected chi connectivity index (χ4v) is 4.14. The summed E-state index contributed by atoms with van der Waals surface area (Å²) >= 11 is 0. The van der Waals surface area contributed by atoms with Crippen LogP contribution >= 0.6 is 0 Å². The highest BCUT2D eigenvalue weighted by molar-refractivity contribution is 5.95. The standard InChI is InChI=1S/C19H26N2O4/c1-23-16-12-14(13-17-18(16)25-11-10-24-17)19(22)21-8-6-20(7-9-21)15-4-2-3-5-15/h12-13,15H,2-11H2,1H3. The molecule has 1 aromatic rings. The highest BCUT2D eigenvalue weighted by Gasteiger charge is 2.29. The minimum absolute atomic E-state index is 0.0429. The Morgan fingerprint density at radius 1 is 1.08 bits per heavy atom. The van der Waals surface area contributed by atoms with Gasteiger partial charge in [0.1, 0.15) is 13.2 Å². The van der Waals surface area contributed by atoms with Crippen LogP contribution in [0.5, 0.6) is 17.2 Å². The van der Waals surface area contributed by atoms with Crippen molar-refractivity contribution >= 4 is 5.91 Å². The largest absolute Gasteiger partial charge is 0.493 e. The summed E-state index contributed by atoms with van der Waals surface area (Å²) in [5.74, 6) is 1.79. The van der Waals surface area contributed by atoms with E-state index in [1.165, 1.54) is 25.7 Å². The lowest BCUT2D eigenvalue weighted by Crippen LogP contribution is -2.51. The van der Waals surface area contributed by atoms with Crippen molar-refractivity contribution in [2.24, 2.45) is 0 Å². The minimum Gasteiger partial charge on any atom is -0.493 e. The summed E-state index contributed by atoms with van der Waals surface area (Å²) < 4.78 is 16.7. The molecule has 0 aromatic heterocycles. The lowest BCUT2D eigenvalue weighted by Gasteiger charge is -2.38. The summed E-state index contributed by atoms with van der Waals surface area (Å²) in [4.78, 5) is 17.4. The second-order valence-corrected chi connectivity index (χ2v) is 6.97. The van der Waals surface area contributed by atoms with Crippen LogP contribution in [0.3, 0.4) is 0 Å². The van der Waals surface area contributed by atoms with Crippen LogP contribution in [0.2, 0.25) is 0 Å². The Kier molecular flexibility index (Phi) is 4.70. The molecule has 0 atom stereocenters. The average molecular weight is 346 g/mol. The van der Waals surface area contributed by atoms with Gasteiger partial charge in [-0.1, -0.05) is 12.8 Å². The molecule has 0 unspecified atom stereocenters. The molecule has 0 spiro atoms. The number of carbonyl (C=O) groups excluding carboxylic acids is 1. The van der Waals surface area contributed by atoms with Crippen molar-refractivity contribution in [3.63, 3.8) is 0 Å². The van der Waals surface area contributed by atoms with E-state index in [9.17, 15) is 4.79 Å². The van der Waals surface area contributed by atoms with E-state index in [1.54, 1.807) is 19.2 Å². The smallest absolute Gasteiger partial charge is 0.254 e. The van der Waals surface area contributed by atoms with E-state index in [4.69, 9.17) is 14.2 Å². The molecule has 1 amide bonds. The van der Waals surface area contributed by atoms with E-state index >= 15 is 0 Å². The Morgan fingerprint density at radius 2 is 1.80 bits per heavy atom. The predicted molar refractivity (Wildman–Crippen MR) is 93.7 cm³/mol. The van der Waals surface area contributed by atoms with Crippen LogP contribution in [0.4, 0.5) is 0 Å². The predicted octanol–water partition coefficient (Wildman–Crippen LogP) is 2.17. The van der Waals surface area contributed by atoms with E-state index in [0.29, 0.717) is 36.0 Å². The first-order valence-electron chi connectivity index (χ1n) is 9.27. The first kappa shape index (κ1) is 16.5. The molecular weight excluding hydrogens is 320 g/mol. The lowest BCUT2D eigenvalue weighted by molar-refractivity contribution is 0.0572. The third-order valence-corrected chi connectivity index (χ3v) is 5.52. The molecule has 0 N–H and O–H groups in total. The van der Waals surface area contributed by atoms with E-state index in [-0.39, 0.29) is 5.91 Å². The van der Waals surface area contributed by atoms with Crippen molar-refractivity contribution in [3.05, 3.63) is 17.7 Å². The number of hydrogen-bond donors (Lipinski definition) is 0. The summed E-state index contributed by atoms with van der Waals surface area (Å²) in [5.41, 5.74) is 0.607. The Labute approximate surface area is 148 Å². The molecule has 0 radical (unpaired) electrons. The van der Waals surface area contributed by atoms with Crippen molar-refractivity contribution in [1.29, 1.82) is 0 Å². The number of fused-ring (bicyclic) bond motifs is 1. The summed E-state index contributed by atoms with van der Waals surface area (Å²) in [6.07, 6.45) is 5.32. The van der Waals surface area contributed by atoms with Gasteiger partial charge in [0.2, 0.25) is 5.75 Å². The number of methoxy groups -OCH3 is 1. The van der Waals surface area contributed by atoms with Gasteiger partial charge in [-0.2, -0.15) is 0 Å². The fourth-order valence-electron chi connectivity index (χ4n) is 4.14. The monoisotopic (exact) mass is 346 g/mol. The van der Waals surface area contributed by atoms with Gasteiger partial charge in [-0.3, -0.25) is 9.69 Å². The van der Waals surface area contributed by atoms with Crippen molar-refractivity contribution in [1.82, 2.24) is 9.80 Å². The number of nitrogens with zero attached hydrogens (tertiary/aromatic N) is 2. The molecule has 3 aliphatic rings. The van der Waals surface area contributed by atoms with Crippen LogP contribution in [0.1, 0.15) is 36.0 Å². The Balaban J connectivity index is 1.46. The summed E-state index contributed by atoms with van der Waals surface area (Å²) in [5, 5.41) is 0. The number of benzene rings is 1. The van der Waals surface area contributed by atoms with Crippen molar-refractivity contribution < 1.29 is 19.0 Å². The highest BCUT2D eigenvalue weighted by atomic mass is 16.6. The van der Waals surface area contributed by atoms with Gasteiger partial charge in [0.05, 0.1) is 7.11 Å². The van der Waals surface area contributed by atoms with Crippen LogP contribution < -0.4 is 14.2 Å². The van der Waals surface area contributed by atoms with Gasteiger partial charge in [-0.05, 0) is 25.0 Å². The Hall–Kier alpha value is -1.95. The molecule has 25 heavy (non-hydrogen) atoms. The first-order valence-corrected chi connectivity index (χ1v) is 9.27. The van der Waals surface area contributed by atoms with Crippen LogP contribution in [0, 0.1) is 0 Å². The molecule has 1 saturated carbocycles.